The van der Waals surface area contributed by atoms with Gasteiger partial charge in [-0.25, -0.2) is 0 Å². The van der Waals surface area contributed by atoms with Crippen molar-refractivity contribution in [2.75, 3.05) is 26.4 Å². The van der Waals surface area contributed by atoms with Gasteiger partial charge in [0, 0.05) is 0 Å². The van der Waals surface area contributed by atoms with E-state index in [1.54, 1.807) is 0 Å². The highest BCUT2D eigenvalue weighted by Gasteiger charge is 2.26. The molecule has 0 radical (unpaired) electrons. The van der Waals surface area contributed by atoms with Gasteiger partial charge >= 0.3 is 5.97 Å². The van der Waals surface area contributed by atoms with Gasteiger partial charge in [-0.1, -0.05) is 0 Å². The normalized spacial score (nSPS) is 29.7. The number of carbonyl (C=O) groups excluding carboxylic acids is 1. The van der Waals surface area contributed by atoms with Gasteiger partial charge in [-0.15, -0.1) is 0 Å². The van der Waals surface area contributed by atoms with E-state index >= 15 is 0 Å². The fourth-order valence-electron chi connectivity index (χ4n) is 1.03. The summed E-state index contributed by atoms with van der Waals surface area (Å²) in [6.45, 7) is 2.16. The first-order valence-corrected chi connectivity index (χ1v) is 5.00. The Morgan fingerprint density at radius 1 is 1.33 bits per heavy atom. The second-order valence-electron chi connectivity index (χ2n) is 3.67. The molecule has 6 nitrogen and oxygen atoms in total. The molecule has 2 saturated heterocycles. The topological polar surface area (TPSA) is 86.6 Å². The summed E-state index contributed by atoms with van der Waals surface area (Å²) in [5.41, 5.74) is 5.56. The van der Waals surface area contributed by atoms with Gasteiger partial charge in [0.25, 0.3) is 0 Å². The lowest BCUT2D eigenvalue weighted by molar-refractivity contribution is -0.147. The first kappa shape index (κ1) is 10.8. The van der Waals surface area contributed by atoms with Gasteiger partial charge in [0.05, 0.1) is 26.2 Å². The highest BCUT2D eigenvalue weighted by molar-refractivity contribution is 5.69. The second-order valence-corrected chi connectivity index (χ2v) is 3.67. The average molecular weight is 217 g/mol. The minimum absolute atomic E-state index is 0.0689. The van der Waals surface area contributed by atoms with Crippen LogP contribution in [0, 0.1) is 0 Å². The molecule has 2 rings (SSSR count). The van der Waals surface area contributed by atoms with Crippen LogP contribution in [0.3, 0.4) is 0 Å². The lowest BCUT2D eigenvalue weighted by atomic mass is 10.4. The third-order valence-electron chi connectivity index (χ3n) is 2.10. The first-order valence-electron chi connectivity index (χ1n) is 5.00. The summed E-state index contributed by atoms with van der Waals surface area (Å²) in [6.07, 6.45) is -0.292. The molecule has 2 fully saturated rings. The van der Waals surface area contributed by atoms with Gasteiger partial charge < -0.3 is 24.7 Å². The Labute approximate surface area is 87.6 Å². The van der Waals surface area contributed by atoms with Crippen molar-refractivity contribution in [3.05, 3.63) is 0 Å². The number of carbonyl (C=O) groups is 1. The Hall–Kier alpha value is -0.690. The molecule has 2 N–H and O–H groups in total. The summed E-state index contributed by atoms with van der Waals surface area (Å²) in [4.78, 5) is 11.2. The standard InChI is InChI=1S/C9H15NO5/c10-8(14-4-6-2-12-6)1-9(11)15-5-7-3-13-7/h6-8H,1-5,10H2. The van der Waals surface area contributed by atoms with Crippen molar-refractivity contribution in [2.45, 2.75) is 24.9 Å². The van der Waals surface area contributed by atoms with E-state index in [2.05, 4.69) is 0 Å². The van der Waals surface area contributed by atoms with Crippen LogP contribution in [0.2, 0.25) is 0 Å². The minimum Gasteiger partial charge on any atom is -0.463 e. The SMILES string of the molecule is NC(CC(=O)OCC1CO1)OCC1CO1. The van der Waals surface area contributed by atoms with Crippen LogP contribution >= 0.6 is 0 Å². The van der Waals surface area contributed by atoms with Crippen LogP contribution in [0.5, 0.6) is 0 Å². The van der Waals surface area contributed by atoms with Crippen LogP contribution in [-0.4, -0.2) is 50.8 Å². The Bertz CT molecular complexity index is 227. The van der Waals surface area contributed by atoms with Crippen molar-refractivity contribution >= 4 is 5.97 Å². The Morgan fingerprint density at radius 3 is 2.53 bits per heavy atom. The van der Waals surface area contributed by atoms with E-state index < -0.39 is 6.23 Å². The van der Waals surface area contributed by atoms with Crippen LogP contribution in [0.25, 0.3) is 0 Å². The number of hydrogen-bond donors (Lipinski definition) is 1. The largest absolute Gasteiger partial charge is 0.463 e. The van der Waals surface area contributed by atoms with E-state index in [0.717, 1.165) is 6.61 Å². The maximum atomic E-state index is 11.2. The second kappa shape index (κ2) is 4.89. The molecule has 0 aliphatic carbocycles. The number of nitrogens with two attached hydrogens (primary N) is 1. The molecule has 0 amide bonds. The molecule has 6 heteroatoms. The first-order chi connectivity index (χ1) is 7.24. The zero-order valence-corrected chi connectivity index (χ0v) is 8.39. The third-order valence-corrected chi connectivity index (χ3v) is 2.10. The van der Waals surface area contributed by atoms with Crippen molar-refractivity contribution in [3.8, 4) is 0 Å². The van der Waals surface area contributed by atoms with Crippen molar-refractivity contribution in [3.63, 3.8) is 0 Å². The number of esters is 1. The summed E-state index contributed by atoms with van der Waals surface area (Å²) in [5.74, 6) is -0.352. The maximum Gasteiger partial charge on any atom is 0.309 e. The van der Waals surface area contributed by atoms with Gasteiger partial charge in [-0.3, -0.25) is 4.79 Å². The molecule has 0 aromatic rings. The molecular weight excluding hydrogens is 202 g/mol. The summed E-state index contributed by atoms with van der Waals surface area (Å²) >= 11 is 0. The predicted molar refractivity (Wildman–Crippen MR) is 49.0 cm³/mol. The fourth-order valence-corrected chi connectivity index (χ4v) is 1.03. The van der Waals surface area contributed by atoms with E-state index in [4.69, 9.17) is 24.7 Å². The monoisotopic (exact) mass is 217 g/mol. The van der Waals surface area contributed by atoms with E-state index in [9.17, 15) is 4.79 Å². The number of ether oxygens (including phenoxy) is 4. The minimum atomic E-state index is -0.609. The van der Waals surface area contributed by atoms with Gasteiger partial charge in [0.15, 0.2) is 0 Å². The fraction of sp³-hybridized carbons (Fsp3) is 0.889. The number of rotatable bonds is 7. The predicted octanol–water partition coefficient (Wildman–Crippen LogP) is -0.981. The third kappa shape index (κ3) is 4.57. The molecule has 0 saturated carbocycles. The summed E-state index contributed by atoms with van der Waals surface area (Å²) in [5, 5.41) is 0. The molecule has 2 heterocycles. The smallest absolute Gasteiger partial charge is 0.309 e. The lowest BCUT2D eigenvalue weighted by Crippen LogP contribution is -2.29. The van der Waals surface area contributed by atoms with Crippen LogP contribution in [0.15, 0.2) is 0 Å². The van der Waals surface area contributed by atoms with Crippen LogP contribution in [0.1, 0.15) is 6.42 Å². The molecule has 0 aromatic carbocycles. The summed E-state index contributed by atoms with van der Waals surface area (Å²) in [6, 6.07) is 0. The van der Waals surface area contributed by atoms with Gasteiger partial charge in [0.2, 0.25) is 0 Å². The summed E-state index contributed by atoms with van der Waals surface area (Å²) < 4.78 is 19.9. The van der Waals surface area contributed by atoms with Gasteiger partial charge in [0.1, 0.15) is 25.0 Å². The average Bonchev–Trinajstić information content (AvgIpc) is 3.04. The molecule has 3 unspecified atom stereocenters. The van der Waals surface area contributed by atoms with Crippen LogP contribution in [0.4, 0.5) is 0 Å². The van der Waals surface area contributed by atoms with E-state index in [1.807, 2.05) is 0 Å². The molecular formula is C9H15NO5. The van der Waals surface area contributed by atoms with Crippen LogP contribution < -0.4 is 5.73 Å². The number of epoxide rings is 2. The summed E-state index contributed by atoms with van der Waals surface area (Å²) in [7, 11) is 0. The molecule has 15 heavy (non-hydrogen) atoms. The quantitative estimate of drug-likeness (QED) is 0.335. The highest BCUT2D eigenvalue weighted by atomic mass is 16.6. The molecule has 0 spiro atoms. The van der Waals surface area contributed by atoms with Gasteiger partial charge in [-0.05, 0) is 0 Å². The Kier molecular flexibility index (Phi) is 3.53. The molecule has 86 valence electrons. The van der Waals surface area contributed by atoms with Crippen LogP contribution in [-0.2, 0) is 23.7 Å². The molecule has 2 aliphatic heterocycles. The van der Waals surface area contributed by atoms with Crippen molar-refractivity contribution in [2.24, 2.45) is 5.73 Å². The van der Waals surface area contributed by atoms with E-state index in [1.165, 1.54) is 0 Å². The molecule has 2 aliphatic rings. The molecule has 0 bridgehead atoms. The van der Waals surface area contributed by atoms with Crippen molar-refractivity contribution in [1.29, 1.82) is 0 Å². The van der Waals surface area contributed by atoms with Gasteiger partial charge in [-0.2, -0.15) is 0 Å². The van der Waals surface area contributed by atoms with Crippen molar-refractivity contribution < 1.29 is 23.7 Å². The highest BCUT2D eigenvalue weighted by Crippen LogP contribution is 2.11. The molecule has 3 atom stereocenters. The Balaban J connectivity index is 1.50. The molecule has 0 aromatic heterocycles. The zero-order valence-electron chi connectivity index (χ0n) is 8.39. The number of hydrogen-bond acceptors (Lipinski definition) is 6. The zero-order chi connectivity index (χ0) is 10.7. The van der Waals surface area contributed by atoms with E-state index in [-0.39, 0.29) is 24.6 Å². The Morgan fingerprint density at radius 2 is 1.93 bits per heavy atom. The lowest BCUT2D eigenvalue weighted by Gasteiger charge is -2.11. The maximum absolute atomic E-state index is 11.2. The van der Waals surface area contributed by atoms with Crippen molar-refractivity contribution in [1.82, 2.24) is 0 Å². The van der Waals surface area contributed by atoms with E-state index in [0.29, 0.717) is 19.8 Å².